The van der Waals surface area contributed by atoms with Crippen LogP contribution in [0.1, 0.15) is 10.4 Å². The van der Waals surface area contributed by atoms with E-state index in [2.05, 4.69) is 10.0 Å². The van der Waals surface area contributed by atoms with Crippen molar-refractivity contribution in [1.29, 1.82) is 0 Å². The van der Waals surface area contributed by atoms with Crippen LogP contribution in [0.2, 0.25) is 0 Å². The first-order valence-corrected chi connectivity index (χ1v) is 9.27. The van der Waals surface area contributed by atoms with Gasteiger partial charge in [-0.05, 0) is 72.8 Å². The fourth-order valence-corrected chi connectivity index (χ4v) is 3.31. The highest BCUT2D eigenvalue weighted by molar-refractivity contribution is 7.92. The molecule has 1 amide bonds. The smallest absolute Gasteiger partial charge is 0.261 e. The van der Waals surface area contributed by atoms with Crippen LogP contribution in [-0.2, 0) is 10.0 Å². The van der Waals surface area contributed by atoms with Crippen LogP contribution in [0.25, 0.3) is 0 Å². The van der Waals surface area contributed by atoms with Crippen molar-refractivity contribution in [2.75, 3.05) is 10.0 Å². The molecule has 5 nitrogen and oxygen atoms in total. The second-order valence-electron chi connectivity index (χ2n) is 5.60. The summed E-state index contributed by atoms with van der Waals surface area (Å²) >= 11 is 0. The summed E-state index contributed by atoms with van der Waals surface area (Å²) in [6.07, 6.45) is 0. The van der Waals surface area contributed by atoms with Gasteiger partial charge in [-0.1, -0.05) is 0 Å². The van der Waals surface area contributed by atoms with Gasteiger partial charge < -0.3 is 5.32 Å². The lowest BCUT2D eigenvalue weighted by Crippen LogP contribution is -2.14. The van der Waals surface area contributed by atoms with E-state index < -0.39 is 27.6 Å². The maximum Gasteiger partial charge on any atom is 0.261 e. The van der Waals surface area contributed by atoms with Crippen molar-refractivity contribution in [1.82, 2.24) is 0 Å². The highest BCUT2D eigenvalue weighted by Gasteiger charge is 2.14. The first-order valence-electron chi connectivity index (χ1n) is 7.79. The largest absolute Gasteiger partial charge is 0.322 e. The van der Waals surface area contributed by atoms with Crippen LogP contribution in [-0.4, -0.2) is 14.3 Å². The van der Waals surface area contributed by atoms with E-state index in [9.17, 15) is 22.0 Å². The van der Waals surface area contributed by atoms with E-state index in [4.69, 9.17) is 0 Å². The SMILES string of the molecule is O=C(Nc1ccc(S(=O)(=O)Nc2ccc(F)cc2)cc1)c1ccc(F)cc1. The molecule has 8 heteroatoms. The summed E-state index contributed by atoms with van der Waals surface area (Å²) in [4.78, 5) is 12.1. The van der Waals surface area contributed by atoms with Crippen LogP contribution in [0.4, 0.5) is 20.2 Å². The van der Waals surface area contributed by atoms with Gasteiger partial charge in [0.2, 0.25) is 0 Å². The van der Waals surface area contributed by atoms with E-state index in [1.807, 2.05) is 0 Å². The summed E-state index contributed by atoms with van der Waals surface area (Å²) in [6, 6.07) is 15.5. The van der Waals surface area contributed by atoms with Crippen LogP contribution < -0.4 is 10.0 Å². The third-order valence-electron chi connectivity index (χ3n) is 3.63. The molecule has 2 N–H and O–H groups in total. The Bertz CT molecular complexity index is 1050. The van der Waals surface area contributed by atoms with Crippen LogP contribution in [0.15, 0.2) is 77.7 Å². The highest BCUT2D eigenvalue weighted by atomic mass is 32.2. The second-order valence-corrected chi connectivity index (χ2v) is 7.28. The molecule has 0 aliphatic rings. The number of carbonyl (C=O) groups excluding carboxylic acids is 1. The predicted octanol–water partition coefficient (Wildman–Crippen LogP) is 4.02. The molecule has 0 heterocycles. The molecule has 0 aromatic heterocycles. The molecule has 0 saturated carbocycles. The van der Waals surface area contributed by atoms with E-state index in [0.717, 1.165) is 12.1 Å². The fraction of sp³-hybridized carbons (Fsp3) is 0. The summed E-state index contributed by atoms with van der Waals surface area (Å²) in [5.74, 6) is -1.37. The Morgan fingerprint density at radius 1 is 0.704 bits per heavy atom. The molecule has 0 aliphatic carbocycles. The van der Waals surface area contributed by atoms with Crippen LogP contribution in [0, 0.1) is 11.6 Å². The number of carbonyl (C=O) groups is 1. The molecule has 0 bridgehead atoms. The minimum Gasteiger partial charge on any atom is -0.322 e. The summed E-state index contributed by atoms with van der Waals surface area (Å²) < 4.78 is 52.8. The number of halogens is 2. The molecular formula is C19H14F2N2O3S. The van der Waals surface area contributed by atoms with Crippen molar-refractivity contribution >= 4 is 27.3 Å². The van der Waals surface area contributed by atoms with E-state index in [-0.39, 0.29) is 16.1 Å². The van der Waals surface area contributed by atoms with Gasteiger partial charge in [-0.25, -0.2) is 17.2 Å². The van der Waals surface area contributed by atoms with E-state index in [1.54, 1.807) is 0 Å². The van der Waals surface area contributed by atoms with Crippen molar-refractivity contribution in [3.63, 3.8) is 0 Å². The van der Waals surface area contributed by atoms with E-state index in [1.165, 1.54) is 60.7 Å². The van der Waals surface area contributed by atoms with Crippen molar-refractivity contribution in [3.05, 3.63) is 90.0 Å². The Morgan fingerprint density at radius 3 is 1.74 bits per heavy atom. The molecule has 0 atom stereocenters. The average molecular weight is 388 g/mol. The van der Waals surface area contributed by atoms with Gasteiger partial charge in [0.15, 0.2) is 0 Å². The first-order chi connectivity index (χ1) is 12.8. The second kappa shape index (κ2) is 7.55. The number of amides is 1. The molecule has 3 aromatic carbocycles. The van der Waals surface area contributed by atoms with Crippen molar-refractivity contribution < 1.29 is 22.0 Å². The highest BCUT2D eigenvalue weighted by Crippen LogP contribution is 2.19. The average Bonchev–Trinajstić information content (AvgIpc) is 2.64. The van der Waals surface area contributed by atoms with Gasteiger partial charge in [0.1, 0.15) is 11.6 Å². The minimum atomic E-state index is -3.86. The number of nitrogens with one attached hydrogen (secondary N) is 2. The number of benzene rings is 3. The van der Waals surface area contributed by atoms with Crippen molar-refractivity contribution in [2.45, 2.75) is 4.90 Å². The van der Waals surface area contributed by atoms with Gasteiger partial charge in [-0.3, -0.25) is 9.52 Å². The molecule has 0 aliphatic heterocycles. The predicted molar refractivity (Wildman–Crippen MR) is 98.0 cm³/mol. The zero-order valence-corrected chi connectivity index (χ0v) is 14.6. The van der Waals surface area contributed by atoms with E-state index >= 15 is 0 Å². The summed E-state index contributed by atoms with van der Waals surface area (Å²) in [5, 5.41) is 2.59. The number of sulfonamides is 1. The zero-order valence-electron chi connectivity index (χ0n) is 13.8. The van der Waals surface area contributed by atoms with Gasteiger partial charge in [0, 0.05) is 16.9 Å². The summed E-state index contributed by atoms with van der Waals surface area (Å²) in [6.45, 7) is 0. The van der Waals surface area contributed by atoms with Gasteiger partial charge >= 0.3 is 0 Å². The third-order valence-corrected chi connectivity index (χ3v) is 5.02. The Morgan fingerprint density at radius 2 is 1.19 bits per heavy atom. The standard InChI is InChI=1S/C19H14F2N2O3S/c20-14-3-1-13(2-4-14)19(24)22-16-9-11-18(12-10-16)27(25,26)23-17-7-5-15(21)6-8-17/h1-12,23H,(H,22,24). The molecule has 0 radical (unpaired) electrons. The molecule has 0 saturated heterocycles. The Kier molecular flexibility index (Phi) is 5.18. The summed E-state index contributed by atoms with van der Waals surface area (Å²) in [5.41, 5.74) is 0.876. The first kappa shape index (κ1) is 18.5. The van der Waals surface area contributed by atoms with Crippen LogP contribution in [0.5, 0.6) is 0 Å². The molecular weight excluding hydrogens is 374 g/mol. The van der Waals surface area contributed by atoms with Gasteiger partial charge in [-0.2, -0.15) is 0 Å². The molecule has 27 heavy (non-hydrogen) atoms. The van der Waals surface area contributed by atoms with E-state index in [0.29, 0.717) is 5.69 Å². The number of hydrogen-bond donors (Lipinski definition) is 2. The van der Waals surface area contributed by atoms with Crippen LogP contribution >= 0.6 is 0 Å². The summed E-state index contributed by atoms with van der Waals surface area (Å²) in [7, 11) is -3.86. The van der Waals surface area contributed by atoms with Gasteiger partial charge in [0.05, 0.1) is 4.90 Å². The molecule has 3 rings (SSSR count). The molecule has 0 fully saturated rings. The lowest BCUT2D eigenvalue weighted by Gasteiger charge is -2.09. The topological polar surface area (TPSA) is 75.3 Å². The normalized spacial score (nSPS) is 11.0. The number of hydrogen-bond acceptors (Lipinski definition) is 3. The Labute approximate surface area is 154 Å². The quantitative estimate of drug-likeness (QED) is 0.693. The van der Waals surface area contributed by atoms with Gasteiger partial charge in [0.25, 0.3) is 15.9 Å². The zero-order chi connectivity index (χ0) is 19.4. The Hall–Kier alpha value is -3.26. The lowest BCUT2D eigenvalue weighted by atomic mass is 10.2. The van der Waals surface area contributed by atoms with Crippen molar-refractivity contribution in [3.8, 4) is 0 Å². The maximum absolute atomic E-state index is 12.9. The molecule has 0 unspecified atom stereocenters. The number of rotatable bonds is 5. The Balaban J connectivity index is 1.71. The number of anilines is 2. The molecule has 3 aromatic rings. The fourth-order valence-electron chi connectivity index (χ4n) is 2.25. The monoisotopic (exact) mass is 388 g/mol. The molecule has 0 spiro atoms. The molecule has 138 valence electrons. The third kappa shape index (κ3) is 4.68. The van der Waals surface area contributed by atoms with Crippen LogP contribution in [0.3, 0.4) is 0 Å². The lowest BCUT2D eigenvalue weighted by molar-refractivity contribution is 0.102. The minimum absolute atomic E-state index is 0.0217. The van der Waals surface area contributed by atoms with Gasteiger partial charge in [-0.15, -0.1) is 0 Å². The van der Waals surface area contributed by atoms with Crippen molar-refractivity contribution in [2.24, 2.45) is 0 Å². The maximum atomic E-state index is 12.9.